The van der Waals surface area contributed by atoms with Crippen molar-refractivity contribution in [3.05, 3.63) is 41.6 Å². The number of ether oxygens (including phenoxy) is 1. The Kier molecular flexibility index (Phi) is 4.94. The summed E-state index contributed by atoms with van der Waals surface area (Å²) in [6, 6.07) is 11.4. The molecule has 18 heavy (non-hydrogen) atoms. The summed E-state index contributed by atoms with van der Waals surface area (Å²) in [6.07, 6.45) is 0. The van der Waals surface area contributed by atoms with Crippen molar-refractivity contribution in [2.45, 2.75) is 13.8 Å². The van der Waals surface area contributed by atoms with Crippen LogP contribution in [0.2, 0.25) is 0 Å². The normalized spacial score (nSPS) is 11.2. The molecule has 0 amide bonds. The van der Waals surface area contributed by atoms with Crippen LogP contribution < -0.4 is 4.90 Å². The van der Waals surface area contributed by atoms with Gasteiger partial charge in [-0.25, -0.2) is 4.79 Å². The van der Waals surface area contributed by atoms with Crippen LogP contribution in [-0.4, -0.2) is 19.6 Å². The molecule has 0 atom stereocenters. The van der Waals surface area contributed by atoms with E-state index in [1.807, 2.05) is 36.4 Å². The summed E-state index contributed by atoms with van der Waals surface area (Å²) in [5.74, 6) is -0.583. The van der Waals surface area contributed by atoms with Crippen molar-refractivity contribution in [1.29, 1.82) is 5.26 Å². The summed E-state index contributed by atoms with van der Waals surface area (Å²) in [6.45, 7) is 3.69. The highest BCUT2D eigenvalue weighted by molar-refractivity contribution is 5.94. The van der Waals surface area contributed by atoms with Crippen LogP contribution in [0.15, 0.2) is 41.6 Å². The lowest BCUT2D eigenvalue weighted by molar-refractivity contribution is -0.138. The van der Waals surface area contributed by atoms with Crippen LogP contribution in [0.25, 0.3) is 0 Å². The summed E-state index contributed by atoms with van der Waals surface area (Å²) >= 11 is 0. The van der Waals surface area contributed by atoms with Crippen molar-refractivity contribution >= 4 is 11.7 Å². The average molecular weight is 244 g/mol. The second-order valence-corrected chi connectivity index (χ2v) is 3.69. The second kappa shape index (κ2) is 6.45. The largest absolute Gasteiger partial charge is 0.462 e. The van der Waals surface area contributed by atoms with Crippen molar-refractivity contribution in [1.82, 2.24) is 0 Å². The Labute approximate surface area is 107 Å². The van der Waals surface area contributed by atoms with Crippen molar-refractivity contribution in [3.8, 4) is 6.07 Å². The molecule has 0 N–H and O–H groups in total. The number of para-hydroxylation sites is 1. The number of hydrogen-bond acceptors (Lipinski definition) is 4. The molecule has 0 spiro atoms. The number of allylic oxidation sites excluding steroid dienone is 1. The second-order valence-electron chi connectivity index (χ2n) is 3.69. The summed E-state index contributed by atoms with van der Waals surface area (Å²) in [5, 5.41) is 9.05. The third-order valence-electron chi connectivity index (χ3n) is 2.60. The van der Waals surface area contributed by atoms with E-state index in [-0.39, 0.29) is 12.2 Å². The Hall–Kier alpha value is -2.28. The zero-order chi connectivity index (χ0) is 13.5. The Morgan fingerprint density at radius 3 is 2.50 bits per heavy atom. The van der Waals surface area contributed by atoms with Gasteiger partial charge in [0.05, 0.1) is 6.61 Å². The molecule has 0 heterocycles. The third kappa shape index (κ3) is 3.11. The molecule has 0 aliphatic heterocycles. The molecule has 0 aliphatic rings. The first-order chi connectivity index (χ1) is 8.61. The summed E-state index contributed by atoms with van der Waals surface area (Å²) in [7, 11) is 1.81. The zero-order valence-electron chi connectivity index (χ0n) is 10.8. The monoisotopic (exact) mass is 244 g/mol. The Balaban J connectivity index is 3.06. The molecule has 4 heteroatoms. The minimum absolute atomic E-state index is 0.0307. The molecule has 0 saturated carbocycles. The predicted octanol–water partition coefficient (Wildman–Crippen LogP) is 2.48. The van der Waals surface area contributed by atoms with Crippen molar-refractivity contribution < 1.29 is 9.53 Å². The van der Waals surface area contributed by atoms with Gasteiger partial charge in [-0.05, 0) is 26.0 Å². The molecule has 0 unspecified atom stereocenters. The highest BCUT2D eigenvalue weighted by Crippen LogP contribution is 2.19. The van der Waals surface area contributed by atoms with Crippen LogP contribution in [-0.2, 0) is 9.53 Å². The van der Waals surface area contributed by atoms with Gasteiger partial charge in [-0.2, -0.15) is 5.26 Å². The van der Waals surface area contributed by atoms with Crippen LogP contribution in [0.4, 0.5) is 5.69 Å². The number of carbonyl (C=O) groups excluding carboxylic acids is 1. The van der Waals surface area contributed by atoms with E-state index in [0.717, 1.165) is 5.69 Å². The maximum atomic E-state index is 11.6. The van der Waals surface area contributed by atoms with Crippen LogP contribution in [0.5, 0.6) is 0 Å². The number of nitrogens with zero attached hydrogens (tertiary/aromatic N) is 2. The van der Waals surface area contributed by atoms with Crippen molar-refractivity contribution in [2.75, 3.05) is 18.6 Å². The standard InChI is InChI=1S/C14H16N2O2/c1-4-18-14(17)13(10-15)11(2)16(3)12-8-6-5-7-9-12/h5-9H,4H2,1-3H3/b13-11-. The molecule has 1 aromatic carbocycles. The molecule has 0 bridgehead atoms. The summed E-state index contributed by atoms with van der Waals surface area (Å²) in [4.78, 5) is 13.4. The van der Waals surface area contributed by atoms with Crippen molar-refractivity contribution in [2.24, 2.45) is 0 Å². The molecule has 1 aromatic rings. The van der Waals surface area contributed by atoms with Crippen molar-refractivity contribution in [3.63, 3.8) is 0 Å². The lowest BCUT2D eigenvalue weighted by Gasteiger charge is -2.20. The van der Waals surface area contributed by atoms with Gasteiger partial charge in [-0.1, -0.05) is 18.2 Å². The predicted molar refractivity (Wildman–Crippen MR) is 69.8 cm³/mol. The third-order valence-corrected chi connectivity index (χ3v) is 2.60. The minimum Gasteiger partial charge on any atom is -0.462 e. The fourth-order valence-corrected chi connectivity index (χ4v) is 1.49. The first kappa shape index (κ1) is 13.8. The zero-order valence-corrected chi connectivity index (χ0v) is 10.8. The summed E-state index contributed by atoms with van der Waals surface area (Å²) < 4.78 is 4.86. The van der Waals surface area contributed by atoms with E-state index in [1.54, 1.807) is 25.8 Å². The van der Waals surface area contributed by atoms with Gasteiger partial charge >= 0.3 is 5.97 Å². The molecule has 1 rings (SSSR count). The number of carbonyl (C=O) groups is 1. The van der Waals surface area contributed by atoms with Gasteiger partial charge < -0.3 is 9.64 Å². The van der Waals surface area contributed by atoms with Gasteiger partial charge in [-0.3, -0.25) is 0 Å². The van der Waals surface area contributed by atoms with Crippen LogP contribution in [0.3, 0.4) is 0 Å². The van der Waals surface area contributed by atoms with Gasteiger partial charge in [0.1, 0.15) is 6.07 Å². The molecule has 0 aliphatic carbocycles. The van der Waals surface area contributed by atoms with E-state index in [9.17, 15) is 4.79 Å². The highest BCUT2D eigenvalue weighted by atomic mass is 16.5. The molecule has 0 aromatic heterocycles. The average Bonchev–Trinajstić information content (AvgIpc) is 2.40. The highest BCUT2D eigenvalue weighted by Gasteiger charge is 2.16. The van der Waals surface area contributed by atoms with E-state index in [4.69, 9.17) is 10.00 Å². The molecular weight excluding hydrogens is 228 g/mol. The molecule has 0 fully saturated rings. The number of esters is 1. The number of rotatable bonds is 4. The summed E-state index contributed by atoms with van der Waals surface area (Å²) in [5.41, 5.74) is 1.51. The topological polar surface area (TPSA) is 53.3 Å². The van der Waals surface area contributed by atoms with Gasteiger partial charge in [0, 0.05) is 18.4 Å². The fourth-order valence-electron chi connectivity index (χ4n) is 1.49. The van der Waals surface area contributed by atoms with E-state index in [0.29, 0.717) is 5.70 Å². The van der Waals surface area contributed by atoms with E-state index in [2.05, 4.69) is 0 Å². The van der Waals surface area contributed by atoms with E-state index in [1.165, 1.54) is 0 Å². The first-order valence-corrected chi connectivity index (χ1v) is 5.68. The number of benzene rings is 1. The van der Waals surface area contributed by atoms with Crippen LogP contribution in [0, 0.1) is 11.3 Å². The molecular formula is C14H16N2O2. The maximum Gasteiger partial charge on any atom is 0.350 e. The molecule has 0 saturated heterocycles. The quantitative estimate of drug-likeness (QED) is 0.464. The lowest BCUT2D eigenvalue weighted by Crippen LogP contribution is -2.19. The van der Waals surface area contributed by atoms with Gasteiger partial charge in [-0.15, -0.1) is 0 Å². The van der Waals surface area contributed by atoms with E-state index >= 15 is 0 Å². The number of anilines is 1. The molecule has 94 valence electrons. The van der Waals surface area contributed by atoms with Crippen LogP contribution >= 0.6 is 0 Å². The smallest absolute Gasteiger partial charge is 0.350 e. The Morgan fingerprint density at radius 2 is 2.00 bits per heavy atom. The van der Waals surface area contributed by atoms with E-state index < -0.39 is 5.97 Å². The number of nitriles is 1. The van der Waals surface area contributed by atoms with Gasteiger partial charge in [0.2, 0.25) is 0 Å². The maximum absolute atomic E-state index is 11.6. The van der Waals surface area contributed by atoms with Gasteiger partial charge in [0.25, 0.3) is 0 Å². The number of hydrogen-bond donors (Lipinski definition) is 0. The lowest BCUT2D eigenvalue weighted by atomic mass is 10.2. The molecule has 4 nitrogen and oxygen atoms in total. The van der Waals surface area contributed by atoms with Gasteiger partial charge in [0.15, 0.2) is 5.57 Å². The molecule has 0 radical (unpaired) electrons. The minimum atomic E-state index is -0.583. The fraction of sp³-hybridized carbons (Fsp3) is 0.286. The first-order valence-electron chi connectivity index (χ1n) is 5.68. The Bertz CT molecular complexity index is 486. The van der Waals surface area contributed by atoms with Crippen LogP contribution in [0.1, 0.15) is 13.8 Å². The SMILES string of the molecule is CCOC(=O)/C(C#N)=C(/C)N(C)c1ccccc1. The Morgan fingerprint density at radius 1 is 1.39 bits per heavy atom.